The van der Waals surface area contributed by atoms with Crippen LogP contribution >= 0.6 is 0 Å². The van der Waals surface area contributed by atoms with Gasteiger partial charge in [0.05, 0.1) is 0 Å². The molecule has 0 fully saturated rings. The second-order valence-corrected chi connectivity index (χ2v) is 6.02. The van der Waals surface area contributed by atoms with E-state index in [-0.39, 0.29) is 5.41 Å². The monoisotopic (exact) mass is 247 g/mol. The van der Waals surface area contributed by atoms with Crippen molar-refractivity contribution in [3.63, 3.8) is 0 Å². The minimum Gasteiger partial charge on any atom is -0.399 e. The van der Waals surface area contributed by atoms with Gasteiger partial charge in [-0.15, -0.1) is 0 Å². The van der Waals surface area contributed by atoms with Crippen molar-refractivity contribution < 1.29 is 0 Å². The number of rotatable bonds is 4. The Morgan fingerprint density at radius 1 is 1.22 bits per heavy atom. The van der Waals surface area contributed by atoms with E-state index >= 15 is 0 Å². The lowest BCUT2D eigenvalue weighted by molar-refractivity contribution is 0.500. The highest BCUT2D eigenvalue weighted by molar-refractivity contribution is 5.43. The molecule has 0 aromatic heterocycles. The zero-order valence-electron chi connectivity index (χ0n) is 13.1. The van der Waals surface area contributed by atoms with E-state index in [1.807, 2.05) is 6.92 Å². The zero-order valence-corrected chi connectivity index (χ0v) is 13.1. The molecular formula is C17H29N. The molecular weight excluding hydrogens is 218 g/mol. The predicted molar refractivity (Wildman–Crippen MR) is 83.2 cm³/mol. The van der Waals surface area contributed by atoms with E-state index in [0.29, 0.717) is 11.6 Å². The van der Waals surface area contributed by atoms with Gasteiger partial charge in [-0.2, -0.15) is 0 Å². The molecule has 0 spiro atoms. The summed E-state index contributed by atoms with van der Waals surface area (Å²) in [6.45, 7) is 19.0. The first kappa shape index (κ1) is 16.8. The molecule has 0 bridgehead atoms. The van der Waals surface area contributed by atoms with Gasteiger partial charge in [0, 0.05) is 5.70 Å². The Morgan fingerprint density at radius 2 is 1.72 bits per heavy atom. The summed E-state index contributed by atoms with van der Waals surface area (Å²) in [7, 11) is 0. The Labute approximate surface area is 113 Å². The summed E-state index contributed by atoms with van der Waals surface area (Å²) < 4.78 is 0. The lowest BCUT2D eigenvalue weighted by atomic mass is 9.83. The Morgan fingerprint density at radius 3 is 2.06 bits per heavy atom. The smallest absolute Gasteiger partial charge is 0.0314 e. The number of nitrogens with two attached hydrogens (primary N) is 1. The lowest BCUT2D eigenvalue weighted by Crippen LogP contribution is -2.12. The largest absolute Gasteiger partial charge is 0.399 e. The maximum Gasteiger partial charge on any atom is 0.0314 e. The van der Waals surface area contributed by atoms with E-state index in [9.17, 15) is 0 Å². The molecule has 0 aliphatic carbocycles. The van der Waals surface area contributed by atoms with E-state index < -0.39 is 0 Å². The highest BCUT2D eigenvalue weighted by atomic mass is 14.6. The molecule has 0 amide bonds. The second kappa shape index (κ2) is 6.63. The van der Waals surface area contributed by atoms with Crippen LogP contribution in [0.5, 0.6) is 0 Å². The van der Waals surface area contributed by atoms with Gasteiger partial charge in [0.25, 0.3) is 0 Å². The van der Waals surface area contributed by atoms with Crippen LogP contribution in [0.1, 0.15) is 48.5 Å². The third-order valence-corrected chi connectivity index (χ3v) is 3.45. The second-order valence-electron chi connectivity index (χ2n) is 6.02. The van der Waals surface area contributed by atoms with Crippen LogP contribution < -0.4 is 5.73 Å². The third kappa shape index (κ3) is 4.95. The van der Waals surface area contributed by atoms with Crippen LogP contribution in [0.15, 0.2) is 47.2 Å². The number of hydrogen-bond acceptors (Lipinski definition) is 1. The fraction of sp³-hybridized carbons (Fsp3) is 0.529. The molecule has 0 aromatic rings. The van der Waals surface area contributed by atoms with Crippen LogP contribution in [0.25, 0.3) is 0 Å². The van der Waals surface area contributed by atoms with E-state index in [2.05, 4.69) is 66.3 Å². The maximum atomic E-state index is 5.94. The molecule has 1 heteroatoms. The van der Waals surface area contributed by atoms with Crippen LogP contribution in [-0.2, 0) is 0 Å². The summed E-state index contributed by atoms with van der Waals surface area (Å²) in [6.07, 6.45) is 6.45. The van der Waals surface area contributed by atoms with Crippen molar-refractivity contribution >= 4 is 0 Å². The molecule has 1 atom stereocenters. The summed E-state index contributed by atoms with van der Waals surface area (Å²) in [5, 5.41) is 0. The summed E-state index contributed by atoms with van der Waals surface area (Å²) >= 11 is 0. The summed E-state index contributed by atoms with van der Waals surface area (Å²) in [4.78, 5) is 0. The highest BCUT2D eigenvalue weighted by Crippen LogP contribution is 2.30. The minimum absolute atomic E-state index is 0.109. The van der Waals surface area contributed by atoms with Gasteiger partial charge in [-0.3, -0.25) is 0 Å². The molecule has 0 heterocycles. The van der Waals surface area contributed by atoms with E-state index in [4.69, 9.17) is 5.73 Å². The van der Waals surface area contributed by atoms with Gasteiger partial charge in [0.2, 0.25) is 0 Å². The van der Waals surface area contributed by atoms with Gasteiger partial charge in [-0.05, 0) is 37.7 Å². The predicted octanol–water partition coefficient (Wildman–Crippen LogP) is 4.98. The Balaban J connectivity index is 5.56. The first-order valence-electron chi connectivity index (χ1n) is 6.58. The topological polar surface area (TPSA) is 26.0 Å². The fourth-order valence-electron chi connectivity index (χ4n) is 1.65. The lowest BCUT2D eigenvalue weighted by Gasteiger charge is -2.23. The van der Waals surface area contributed by atoms with Gasteiger partial charge < -0.3 is 5.73 Å². The molecule has 0 saturated heterocycles. The number of hydrogen-bond donors (Lipinski definition) is 1. The van der Waals surface area contributed by atoms with Crippen molar-refractivity contribution in [2.75, 3.05) is 0 Å². The molecule has 102 valence electrons. The molecule has 0 aliphatic rings. The van der Waals surface area contributed by atoms with Crippen molar-refractivity contribution in [3.8, 4) is 0 Å². The first-order valence-corrected chi connectivity index (χ1v) is 6.58. The van der Waals surface area contributed by atoms with E-state index in [1.54, 1.807) is 0 Å². The Bertz CT molecular complexity index is 386. The molecule has 0 aliphatic heterocycles. The molecule has 18 heavy (non-hydrogen) atoms. The van der Waals surface area contributed by atoms with Gasteiger partial charge in [0.1, 0.15) is 0 Å². The molecule has 0 aromatic carbocycles. The SMILES string of the molecule is C=C(N)C(/C=C(\C)C(C)/C=C\C)=C(/C)C(C)(C)C. The van der Waals surface area contributed by atoms with Crippen molar-refractivity contribution in [3.05, 3.63) is 47.2 Å². The normalized spacial score (nSPS) is 16.7. The average Bonchev–Trinajstić information content (AvgIpc) is 2.23. The molecule has 0 saturated carbocycles. The quantitative estimate of drug-likeness (QED) is 0.550. The first-order chi connectivity index (χ1) is 8.11. The molecule has 1 nitrogen and oxygen atoms in total. The summed E-state index contributed by atoms with van der Waals surface area (Å²) in [5.41, 5.74) is 10.4. The van der Waals surface area contributed by atoms with Gasteiger partial charge in [0.15, 0.2) is 0 Å². The van der Waals surface area contributed by atoms with Crippen molar-refractivity contribution in [2.24, 2.45) is 17.1 Å². The minimum atomic E-state index is 0.109. The molecule has 2 N–H and O–H groups in total. The molecule has 0 radical (unpaired) electrons. The van der Waals surface area contributed by atoms with Crippen LogP contribution in [-0.4, -0.2) is 0 Å². The maximum absolute atomic E-state index is 5.94. The van der Waals surface area contributed by atoms with Crippen molar-refractivity contribution in [2.45, 2.75) is 48.5 Å². The van der Waals surface area contributed by atoms with E-state index in [0.717, 1.165) is 5.57 Å². The van der Waals surface area contributed by atoms with Gasteiger partial charge in [-0.1, -0.05) is 63.6 Å². The zero-order chi connectivity index (χ0) is 14.5. The van der Waals surface area contributed by atoms with Gasteiger partial charge in [-0.25, -0.2) is 0 Å². The van der Waals surface area contributed by atoms with Crippen molar-refractivity contribution in [1.29, 1.82) is 0 Å². The van der Waals surface area contributed by atoms with Crippen LogP contribution in [0.2, 0.25) is 0 Å². The highest BCUT2D eigenvalue weighted by Gasteiger charge is 2.17. The van der Waals surface area contributed by atoms with E-state index in [1.165, 1.54) is 11.1 Å². The fourth-order valence-corrected chi connectivity index (χ4v) is 1.65. The number of allylic oxidation sites excluding steroid dienone is 5. The molecule has 0 rings (SSSR count). The summed E-state index contributed by atoms with van der Waals surface area (Å²) in [6, 6.07) is 0. The summed E-state index contributed by atoms with van der Waals surface area (Å²) in [5.74, 6) is 0.428. The van der Waals surface area contributed by atoms with Crippen LogP contribution in [0.3, 0.4) is 0 Å². The van der Waals surface area contributed by atoms with Gasteiger partial charge >= 0.3 is 0 Å². The Kier molecular flexibility index (Phi) is 6.17. The van der Waals surface area contributed by atoms with Crippen LogP contribution in [0, 0.1) is 11.3 Å². The standard InChI is InChI=1S/C17H29N/c1-9-10-12(2)13(3)11-16(15(5)18)14(4)17(6,7)8/h9-12H,5,18H2,1-4,6-8H3/b10-9-,13-11+,16-14-. The van der Waals surface area contributed by atoms with Crippen LogP contribution in [0.4, 0.5) is 0 Å². The van der Waals surface area contributed by atoms with Crippen molar-refractivity contribution in [1.82, 2.24) is 0 Å². The third-order valence-electron chi connectivity index (χ3n) is 3.45. The average molecular weight is 247 g/mol. The molecule has 1 unspecified atom stereocenters. The Hall–Kier alpha value is -1.24.